The van der Waals surface area contributed by atoms with E-state index >= 15 is 0 Å². The van der Waals surface area contributed by atoms with E-state index in [-0.39, 0.29) is 11.8 Å². The predicted octanol–water partition coefficient (Wildman–Crippen LogP) is 0.534. The van der Waals surface area contributed by atoms with Gasteiger partial charge in [0.2, 0.25) is 5.91 Å². The molecule has 1 heterocycles. The van der Waals surface area contributed by atoms with Crippen LogP contribution in [0.5, 0.6) is 0 Å². The highest BCUT2D eigenvalue weighted by Crippen LogP contribution is 2.38. The van der Waals surface area contributed by atoms with Crippen LogP contribution in [0.2, 0.25) is 0 Å². The third kappa shape index (κ3) is 1.82. The molecule has 2 unspecified atom stereocenters. The minimum atomic E-state index is 0.222. The van der Waals surface area contributed by atoms with Gasteiger partial charge in [-0.05, 0) is 37.8 Å². The van der Waals surface area contributed by atoms with Gasteiger partial charge in [-0.3, -0.25) is 4.79 Å². The first-order chi connectivity index (χ1) is 6.81. The van der Waals surface area contributed by atoms with Crippen molar-refractivity contribution in [2.45, 2.75) is 12.8 Å². The summed E-state index contributed by atoms with van der Waals surface area (Å²) in [6, 6.07) is 0. The van der Waals surface area contributed by atoms with Crippen LogP contribution in [-0.2, 0) is 4.79 Å². The van der Waals surface area contributed by atoms with Crippen molar-refractivity contribution in [2.24, 2.45) is 17.8 Å². The molecule has 2 rings (SSSR count). The minimum absolute atomic E-state index is 0.222. The van der Waals surface area contributed by atoms with Gasteiger partial charge in [0.25, 0.3) is 0 Å². The van der Waals surface area contributed by atoms with Crippen molar-refractivity contribution in [1.29, 1.82) is 0 Å². The van der Waals surface area contributed by atoms with E-state index in [1.807, 2.05) is 0 Å². The molecule has 1 aliphatic heterocycles. The van der Waals surface area contributed by atoms with Gasteiger partial charge in [0.15, 0.2) is 0 Å². The number of amides is 1. The lowest BCUT2D eigenvalue weighted by molar-refractivity contribution is -0.124. The first kappa shape index (κ1) is 9.71. The van der Waals surface area contributed by atoms with Gasteiger partial charge in [-0.25, -0.2) is 0 Å². The van der Waals surface area contributed by atoms with Crippen LogP contribution in [0.3, 0.4) is 0 Å². The molecule has 14 heavy (non-hydrogen) atoms. The quantitative estimate of drug-likeness (QED) is 0.644. The van der Waals surface area contributed by atoms with E-state index in [1.54, 1.807) is 6.08 Å². The standard InChI is InChI=1S/C11H18N2O/c1-2-3-13-11(14)8-4-9-6-12-7-10(9)5-8/h2,8-10,12H,1,3-7H2,(H,13,14). The number of fused-ring (bicyclic) bond motifs is 1. The maximum absolute atomic E-state index is 11.7. The highest BCUT2D eigenvalue weighted by Gasteiger charge is 2.39. The van der Waals surface area contributed by atoms with Crippen molar-refractivity contribution in [3.05, 3.63) is 12.7 Å². The average Bonchev–Trinajstić information content (AvgIpc) is 2.72. The molecule has 1 amide bonds. The molecule has 0 spiro atoms. The molecule has 3 heteroatoms. The molecule has 78 valence electrons. The summed E-state index contributed by atoms with van der Waals surface area (Å²) in [6.07, 6.45) is 3.87. The van der Waals surface area contributed by atoms with Crippen molar-refractivity contribution in [1.82, 2.24) is 10.6 Å². The Kier molecular flexibility index (Phi) is 2.87. The van der Waals surface area contributed by atoms with Crippen LogP contribution < -0.4 is 10.6 Å². The van der Waals surface area contributed by atoms with Crippen LogP contribution in [0, 0.1) is 17.8 Å². The van der Waals surface area contributed by atoms with E-state index in [1.165, 1.54) is 0 Å². The second kappa shape index (κ2) is 4.13. The summed E-state index contributed by atoms with van der Waals surface area (Å²) in [5.74, 6) is 1.97. The van der Waals surface area contributed by atoms with Crippen molar-refractivity contribution in [2.75, 3.05) is 19.6 Å². The zero-order valence-corrected chi connectivity index (χ0v) is 8.46. The fourth-order valence-corrected chi connectivity index (χ4v) is 2.70. The van der Waals surface area contributed by atoms with Crippen molar-refractivity contribution < 1.29 is 4.79 Å². The number of carbonyl (C=O) groups is 1. The molecule has 0 bridgehead atoms. The molecule has 1 saturated heterocycles. The second-order valence-corrected chi connectivity index (χ2v) is 4.38. The third-order valence-electron chi connectivity index (χ3n) is 3.45. The first-order valence-corrected chi connectivity index (χ1v) is 5.40. The van der Waals surface area contributed by atoms with Gasteiger partial charge in [0.1, 0.15) is 0 Å². The lowest BCUT2D eigenvalue weighted by Crippen LogP contribution is -2.30. The topological polar surface area (TPSA) is 41.1 Å². The molecule has 1 aliphatic carbocycles. The number of rotatable bonds is 3. The van der Waals surface area contributed by atoms with Crippen molar-refractivity contribution in [3.8, 4) is 0 Å². The summed E-state index contributed by atoms with van der Waals surface area (Å²) >= 11 is 0. The summed E-state index contributed by atoms with van der Waals surface area (Å²) in [4.78, 5) is 11.7. The van der Waals surface area contributed by atoms with Crippen molar-refractivity contribution >= 4 is 5.91 Å². The zero-order valence-electron chi connectivity index (χ0n) is 8.46. The first-order valence-electron chi connectivity index (χ1n) is 5.40. The molecule has 2 N–H and O–H groups in total. The van der Waals surface area contributed by atoms with Gasteiger partial charge in [0, 0.05) is 12.5 Å². The van der Waals surface area contributed by atoms with E-state index in [0.717, 1.165) is 37.8 Å². The van der Waals surface area contributed by atoms with Gasteiger partial charge in [-0.15, -0.1) is 6.58 Å². The smallest absolute Gasteiger partial charge is 0.223 e. The molecule has 3 nitrogen and oxygen atoms in total. The van der Waals surface area contributed by atoms with Crippen molar-refractivity contribution in [3.63, 3.8) is 0 Å². The highest BCUT2D eigenvalue weighted by atomic mass is 16.1. The van der Waals surface area contributed by atoms with E-state index in [2.05, 4.69) is 17.2 Å². The number of hydrogen-bond acceptors (Lipinski definition) is 2. The Bertz CT molecular complexity index is 227. The highest BCUT2D eigenvalue weighted by molar-refractivity contribution is 5.79. The SMILES string of the molecule is C=CCNC(=O)C1CC2CNCC2C1. The van der Waals surface area contributed by atoms with E-state index in [9.17, 15) is 4.79 Å². The molecular weight excluding hydrogens is 176 g/mol. The molecule has 0 aromatic rings. The second-order valence-electron chi connectivity index (χ2n) is 4.38. The summed E-state index contributed by atoms with van der Waals surface area (Å²) in [7, 11) is 0. The van der Waals surface area contributed by atoms with E-state index in [4.69, 9.17) is 0 Å². The number of hydrogen-bond donors (Lipinski definition) is 2. The Morgan fingerprint density at radius 2 is 2.07 bits per heavy atom. The van der Waals surface area contributed by atoms with Gasteiger partial charge in [0.05, 0.1) is 0 Å². The lowest BCUT2D eigenvalue weighted by Gasteiger charge is -2.10. The fraction of sp³-hybridized carbons (Fsp3) is 0.727. The molecule has 1 saturated carbocycles. The Morgan fingerprint density at radius 3 is 2.64 bits per heavy atom. The molecule has 2 fully saturated rings. The normalized spacial score (nSPS) is 35.3. The van der Waals surface area contributed by atoms with Gasteiger partial charge >= 0.3 is 0 Å². The van der Waals surface area contributed by atoms with Crippen LogP contribution in [0.25, 0.3) is 0 Å². The number of nitrogens with one attached hydrogen (secondary N) is 2. The summed E-state index contributed by atoms with van der Waals surface area (Å²) in [5.41, 5.74) is 0. The number of carbonyl (C=O) groups excluding carboxylic acids is 1. The van der Waals surface area contributed by atoms with Gasteiger partial charge in [-0.1, -0.05) is 6.08 Å². The molecular formula is C11H18N2O. The molecule has 0 aromatic heterocycles. The lowest BCUT2D eigenvalue weighted by atomic mass is 10.0. The Labute approximate surface area is 84.9 Å². The molecule has 2 atom stereocenters. The third-order valence-corrected chi connectivity index (χ3v) is 3.45. The van der Waals surface area contributed by atoms with Crippen LogP contribution in [-0.4, -0.2) is 25.5 Å². The summed E-state index contributed by atoms with van der Waals surface area (Å²) in [5, 5.41) is 6.27. The van der Waals surface area contributed by atoms with Gasteiger partial charge in [-0.2, -0.15) is 0 Å². The predicted molar refractivity (Wildman–Crippen MR) is 55.8 cm³/mol. The maximum atomic E-state index is 11.7. The monoisotopic (exact) mass is 194 g/mol. The Balaban J connectivity index is 1.83. The van der Waals surface area contributed by atoms with Crippen LogP contribution in [0.1, 0.15) is 12.8 Å². The molecule has 0 radical (unpaired) electrons. The summed E-state index contributed by atoms with van der Waals surface area (Å²) in [6.45, 7) is 6.41. The largest absolute Gasteiger partial charge is 0.352 e. The van der Waals surface area contributed by atoms with Crippen LogP contribution in [0.15, 0.2) is 12.7 Å². The van der Waals surface area contributed by atoms with E-state index < -0.39 is 0 Å². The minimum Gasteiger partial charge on any atom is -0.352 e. The van der Waals surface area contributed by atoms with Crippen LogP contribution >= 0.6 is 0 Å². The fourth-order valence-electron chi connectivity index (χ4n) is 2.70. The summed E-state index contributed by atoms with van der Waals surface area (Å²) < 4.78 is 0. The molecule has 0 aromatic carbocycles. The molecule has 2 aliphatic rings. The average molecular weight is 194 g/mol. The maximum Gasteiger partial charge on any atom is 0.223 e. The Hall–Kier alpha value is -0.830. The van der Waals surface area contributed by atoms with Crippen LogP contribution in [0.4, 0.5) is 0 Å². The van der Waals surface area contributed by atoms with E-state index in [0.29, 0.717) is 6.54 Å². The van der Waals surface area contributed by atoms with Gasteiger partial charge < -0.3 is 10.6 Å². The Morgan fingerprint density at radius 1 is 1.43 bits per heavy atom. The zero-order chi connectivity index (χ0) is 9.97.